The molecule has 29 heavy (non-hydrogen) atoms. The Morgan fingerprint density at radius 2 is 1.41 bits per heavy atom. The van der Waals surface area contributed by atoms with Crippen molar-refractivity contribution in [1.29, 1.82) is 0 Å². The van der Waals surface area contributed by atoms with Crippen LogP contribution in [0.1, 0.15) is 53.3 Å². The van der Waals surface area contributed by atoms with Crippen LogP contribution in [-0.4, -0.2) is 26.6 Å². The monoisotopic (exact) mass is 416 g/mol. The van der Waals surface area contributed by atoms with Gasteiger partial charge in [-0.1, -0.05) is 18.2 Å². The zero-order valence-corrected chi connectivity index (χ0v) is 19.4. The number of hydrogen-bond acceptors (Lipinski definition) is 3. The predicted molar refractivity (Wildman–Crippen MR) is 120 cm³/mol. The van der Waals surface area contributed by atoms with Crippen molar-refractivity contribution in [1.82, 2.24) is 5.32 Å². The summed E-state index contributed by atoms with van der Waals surface area (Å²) in [7, 11) is -3.64. The second-order valence-electron chi connectivity index (χ2n) is 8.03. The summed E-state index contributed by atoms with van der Waals surface area (Å²) in [6, 6.07) is 8.49. The number of carbonyl (C=O) groups is 1. The van der Waals surface area contributed by atoms with Crippen LogP contribution < -0.4 is 9.62 Å². The summed E-state index contributed by atoms with van der Waals surface area (Å²) < 4.78 is 26.2. The molecule has 0 aliphatic carbocycles. The van der Waals surface area contributed by atoms with Gasteiger partial charge < -0.3 is 5.32 Å². The van der Waals surface area contributed by atoms with Crippen molar-refractivity contribution in [2.45, 2.75) is 60.5 Å². The Labute approximate surface area is 175 Å². The molecule has 2 rings (SSSR count). The number of anilines is 1. The van der Waals surface area contributed by atoms with Crippen molar-refractivity contribution >= 4 is 21.6 Å². The molecule has 0 aliphatic heterocycles. The van der Waals surface area contributed by atoms with E-state index in [2.05, 4.69) is 24.4 Å². The van der Waals surface area contributed by atoms with E-state index in [1.807, 2.05) is 40.7 Å². The number of nitrogens with one attached hydrogen (secondary N) is 1. The normalized spacial score (nSPS) is 13.7. The second kappa shape index (κ2) is 8.57. The molecule has 0 heterocycles. The van der Waals surface area contributed by atoms with E-state index in [9.17, 15) is 13.2 Å². The summed E-state index contributed by atoms with van der Waals surface area (Å²) in [4.78, 5) is 13.0. The Hall–Kier alpha value is -2.34. The summed E-state index contributed by atoms with van der Waals surface area (Å²) in [5.74, 6) is -0.334. The molecule has 5 nitrogen and oxygen atoms in total. The van der Waals surface area contributed by atoms with Crippen molar-refractivity contribution in [3.63, 3.8) is 0 Å². The van der Waals surface area contributed by atoms with Crippen LogP contribution in [0.15, 0.2) is 30.3 Å². The van der Waals surface area contributed by atoms with Crippen LogP contribution in [-0.2, 0) is 14.8 Å². The molecule has 0 aliphatic rings. The topological polar surface area (TPSA) is 66.5 Å². The number of rotatable bonds is 6. The molecular formula is C23H32N2O3S. The highest BCUT2D eigenvalue weighted by Crippen LogP contribution is 2.25. The van der Waals surface area contributed by atoms with Crippen molar-refractivity contribution in [3.05, 3.63) is 63.7 Å². The fourth-order valence-corrected chi connectivity index (χ4v) is 4.70. The quantitative estimate of drug-likeness (QED) is 0.765. The van der Waals surface area contributed by atoms with E-state index in [0.717, 1.165) is 34.1 Å². The van der Waals surface area contributed by atoms with Gasteiger partial charge in [0, 0.05) is 0 Å². The summed E-state index contributed by atoms with van der Waals surface area (Å²) in [5, 5.41) is 2.99. The van der Waals surface area contributed by atoms with E-state index in [1.54, 1.807) is 19.1 Å². The molecule has 0 saturated heterocycles. The highest BCUT2D eigenvalue weighted by atomic mass is 32.2. The largest absolute Gasteiger partial charge is 0.348 e. The van der Waals surface area contributed by atoms with Crippen molar-refractivity contribution in [3.8, 4) is 0 Å². The molecule has 2 aromatic carbocycles. The Balaban J connectivity index is 2.32. The SMILES string of the molecule is Cc1ccc(N([C@H](C)C(=O)N[C@H](C)c2cc(C)c(C)cc2C)S(C)(=O)=O)cc1C. The van der Waals surface area contributed by atoms with E-state index in [-0.39, 0.29) is 11.9 Å². The Kier molecular flexibility index (Phi) is 6.78. The molecule has 2 aromatic rings. The van der Waals surface area contributed by atoms with Gasteiger partial charge in [0.1, 0.15) is 6.04 Å². The minimum Gasteiger partial charge on any atom is -0.348 e. The number of hydrogen-bond donors (Lipinski definition) is 1. The lowest BCUT2D eigenvalue weighted by Gasteiger charge is -2.30. The molecule has 158 valence electrons. The predicted octanol–water partition coefficient (Wildman–Crippen LogP) is 4.26. The van der Waals surface area contributed by atoms with Crippen LogP contribution in [0.4, 0.5) is 5.69 Å². The lowest BCUT2D eigenvalue weighted by atomic mass is 9.96. The average Bonchev–Trinajstić information content (AvgIpc) is 2.59. The smallest absolute Gasteiger partial charge is 0.244 e. The first-order valence-electron chi connectivity index (χ1n) is 9.77. The van der Waals surface area contributed by atoms with Gasteiger partial charge in [-0.2, -0.15) is 0 Å². The van der Waals surface area contributed by atoms with E-state index >= 15 is 0 Å². The molecule has 1 amide bonds. The van der Waals surface area contributed by atoms with Gasteiger partial charge in [0.25, 0.3) is 0 Å². The zero-order valence-electron chi connectivity index (χ0n) is 18.6. The molecule has 0 bridgehead atoms. The molecule has 0 fully saturated rings. The molecule has 0 saturated carbocycles. The summed E-state index contributed by atoms with van der Waals surface area (Å²) in [6.07, 6.45) is 1.13. The molecule has 6 heteroatoms. The third-order valence-corrected chi connectivity index (χ3v) is 6.78. The van der Waals surface area contributed by atoms with Crippen LogP contribution in [0.3, 0.4) is 0 Å². The van der Waals surface area contributed by atoms with Crippen LogP contribution in [0.25, 0.3) is 0 Å². The molecule has 0 aromatic heterocycles. The van der Waals surface area contributed by atoms with Crippen LogP contribution in [0.2, 0.25) is 0 Å². The fraction of sp³-hybridized carbons (Fsp3) is 0.435. The van der Waals surface area contributed by atoms with E-state index < -0.39 is 16.1 Å². The average molecular weight is 417 g/mol. The van der Waals surface area contributed by atoms with Crippen LogP contribution in [0.5, 0.6) is 0 Å². The van der Waals surface area contributed by atoms with E-state index in [0.29, 0.717) is 5.69 Å². The van der Waals surface area contributed by atoms with Crippen molar-refractivity contribution < 1.29 is 13.2 Å². The fourth-order valence-electron chi connectivity index (χ4n) is 3.53. The van der Waals surface area contributed by atoms with Crippen LogP contribution in [0, 0.1) is 34.6 Å². The van der Waals surface area contributed by atoms with Gasteiger partial charge in [0.2, 0.25) is 15.9 Å². The van der Waals surface area contributed by atoms with Gasteiger partial charge in [0.15, 0.2) is 0 Å². The molecule has 0 radical (unpaired) electrons. The lowest BCUT2D eigenvalue weighted by Crippen LogP contribution is -2.48. The van der Waals surface area contributed by atoms with Crippen LogP contribution >= 0.6 is 0 Å². The van der Waals surface area contributed by atoms with Gasteiger partial charge in [-0.25, -0.2) is 8.42 Å². The van der Waals surface area contributed by atoms with Gasteiger partial charge in [-0.05, 0) is 94.0 Å². The molecule has 1 N–H and O–H groups in total. The first-order valence-corrected chi connectivity index (χ1v) is 11.6. The molecule has 2 atom stereocenters. The maximum atomic E-state index is 13.0. The number of sulfonamides is 1. The van der Waals surface area contributed by atoms with Crippen molar-refractivity contribution in [2.24, 2.45) is 0 Å². The molecule has 0 unspecified atom stereocenters. The van der Waals surface area contributed by atoms with E-state index in [4.69, 9.17) is 0 Å². The molecule has 0 spiro atoms. The Bertz CT molecular complexity index is 1030. The second-order valence-corrected chi connectivity index (χ2v) is 9.89. The minimum absolute atomic E-state index is 0.231. The Morgan fingerprint density at radius 3 is 1.97 bits per heavy atom. The number of benzene rings is 2. The zero-order chi connectivity index (χ0) is 22.1. The van der Waals surface area contributed by atoms with Gasteiger partial charge in [0.05, 0.1) is 18.0 Å². The number of amides is 1. The van der Waals surface area contributed by atoms with Crippen molar-refractivity contribution in [2.75, 3.05) is 10.6 Å². The third-order valence-electron chi connectivity index (χ3n) is 5.54. The highest BCUT2D eigenvalue weighted by molar-refractivity contribution is 7.92. The number of nitrogens with zero attached hydrogens (tertiary/aromatic N) is 1. The van der Waals surface area contributed by atoms with Gasteiger partial charge in [-0.3, -0.25) is 9.10 Å². The maximum absolute atomic E-state index is 13.0. The lowest BCUT2D eigenvalue weighted by molar-refractivity contribution is -0.122. The summed E-state index contributed by atoms with van der Waals surface area (Å²) >= 11 is 0. The summed E-state index contributed by atoms with van der Waals surface area (Å²) in [6.45, 7) is 13.5. The standard InChI is InChI=1S/C23H32N2O3S/c1-14-9-10-21(12-16(14)3)25(29(8,27)28)20(7)23(26)24-19(6)22-13-17(4)15(2)11-18(22)5/h9-13,19-20H,1-8H3,(H,24,26)/t19-,20-/m1/s1. The highest BCUT2D eigenvalue weighted by Gasteiger charge is 2.30. The number of aryl methyl sites for hydroxylation is 5. The van der Waals surface area contributed by atoms with Gasteiger partial charge >= 0.3 is 0 Å². The first kappa shape index (κ1) is 22.9. The first-order chi connectivity index (χ1) is 13.3. The minimum atomic E-state index is -3.64. The Morgan fingerprint density at radius 1 is 0.862 bits per heavy atom. The number of carbonyl (C=O) groups excluding carboxylic acids is 1. The molecular weight excluding hydrogens is 384 g/mol. The van der Waals surface area contributed by atoms with E-state index in [1.165, 1.54) is 9.87 Å². The summed E-state index contributed by atoms with van der Waals surface area (Å²) in [5.41, 5.74) is 7.03. The maximum Gasteiger partial charge on any atom is 0.244 e. The van der Waals surface area contributed by atoms with Gasteiger partial charge in [-0.15, -0.1) is 0 Å². The third kappa shape index (κ3) is 5.18.